The highest BCUT2D eigenvalue weighted by Crippen LogP contribution is 2.45. The van der Waals surface area contributed by atoms with Crippen molar-refractivity contribution in [2.24, 2.45) is 7.05 Å². The molecule has 0 radical (unpaired) electrons. The van der Waals surface area contributed by atoms with Gasteiger partial charge >= 0.3 is 0 Å². The van der Waals surface area contributed by atoms with Gasteiger partial charge in [-0.25, -0.2) is 0 Å². The van der Waals surface area contributed by atoms with Gasteiger partial charge in [-0.3, -0.25) is 0 Å². The molecule has 2 aromatic carbocycles. The van der Waals surface area contributed by atoms with E-state index < -0.39 is 0 Å². The van der Waals surface area contributed by atoms with Crippen molar-refractivity contribution in [1.82, 2.24) is 19.7 Å². The van der Waals surface area contributed by atoms with E-state index in [1.54, 1.807) is 28.4 Å². The molecule has 4 aromatic rings. The topological polar surface area (TPSA) is 88.5 Å². The minimum absolute atomic E-state index is 0.391. The standard InChI is InChI=1S/C23H25N5O3S/c1-25-23(32)28-22(24)19(15-12-27(2)16-9-7-6-8-14(15)16)20(26-28)13-10-17(29-3)21(31-5)18(11-13)30-4/h6-12H,24H2,1-5H3,(H,25,32). The molecule has 8 nitrogen and oxygen atoms in total. The summed E-state index contributed by atoms with van der Waals surface area (Å²) in [5.74, 6) is 1.98. The van der Waals surface area contributed by atoms with Crippen LogP contribution in [0.5, 0.6) is 17.2 Å². The number of nitrogens with zero attached hydrogens (tertiary/aromatic N) is 3. The predicted molar refractivity (Wildman–Crippen MR) is 131 cm³/mol. The number of nitrogen functional groups attached to an aromatic ring is 1. The fourth-order valence-electron chi connectivity index (χ4n) is 3.92. The minimum Gasteiger partial charge on any atom is -0.493 e. The molecule has 0 unspecified atom stereocenters. The largest absolute Gasteiger partial charge is 0.493 e. The second-order valence-electron chi connectivity index (χ2n) is 7.16. The third kappa shape index (κ3) is 3.31. The number of nitrogens with one attached hydrogen (secondary N) is 1. The molecule has 2 heterocycles. The van der Waals surface area contributed by atoms with Gasteiger partial charge in [-0.15, -0.1) is 0 Å². The molecule has 166 valence electrons. The van der Waals surface area contributed by atoms with E-state index in [4.69, 9.17) is 37.3 Å². The number of methoxy groups -OCH3 is 3. The average molecular weight is 452 g/mol. The van der Waals surface area contributed by atoms with Gasteiger partial charge < -0.3 is 29.8 Å². The third-order valence-electron chi connectivity index (χ3n) is 5.43. The Labute approximate surface area is 191 Å². The highest BCUT2D eigenvalue weighted by molar-refractivity contribution is 7.80. The van der Waals surface area contributed by atoms with E-state index in [0.29, 0.717) is 33.9 Å². The number of anilines is 1. The maximum absolute atomic E-state index is 6.62. The van der Waals surface area contributed by atoms with Crippen LogP contribution in [0.25, 0.3) is 33.3 Å². The molecule has 0 fully saturated rings. The molecule has 0 amide bonds. The molecule has 0 atom stereocenters. The Hall–Kier alpha value is -3.72. The molecule has 9 heteroatoms. The van der Waals surface area contributed by atoms with Crippen molar-refractivity contribution in [3.05, 3.63) is 42.6 Å². The summed E-state index contributed by atoms with van der Waals surface area (Å²) in [6.07, 6.45) is 2.05. The number of para-hydroxylation sites is 1. The van der Waals surface area contributed by atoms with Gasteiger partial charge in [0, 0.05) is 42.3 Å². The van der Waals surface area contributed by atoms with Gasteiger partial charge in [0.1, 0.15) is 11.5 Å². The van der Waals surface area contributed by atoms with Crippen LogP contribution in [0.1, 0.15) is 0 Å². The van der Waals surface area contributed by atoms with Crippen molar-refractivity contribution >= 4 is 34.1 Å². The van der Waals surface area contributed by atoms with Crippen molar-refractivity contribution in [2.45, 2.75) is 0 Å². The monoisotopic (exact) mass is 451 g/mol. The molecular formula is C23H25N5O3S. The second kappa shape index (κ2) is 8.43. The molecule has 3 N–H and O–H groups in total. The van der Waals surface area contributed by atoms with Gasteiger partial charge in [-0.1, -0.05) is 18.2 Å². The Bertz CT molecular complexity index is 1300. The summed E-state index contributed by atoms with van der Waals surface area (Å²) in [6, 6.07) is 11.8. The first kappa shape index (κ1) is 21.5. The number of fused-ring (bicyclic) bond motifs is 1. The van der Waals surface area contributed by atoms with E-state index in [-0.39, 0.29) is 0 Å². The van der Waals surface area contributed by atoms with Crippen LogP contribution in [-0.4, -0.2) is 47.8 Å². The molecular weight excluding hydrogens is 426 g/mol. The van der Waals surface area contributed by atoms with Crippen molar-refractivity contribution in [3.63, 3.8) is 0 Å². The summed E-state index contributed by atoms with van der Waals surface area (Å²) in [7, 11) is 8.47. The summed E-state index contributed by atoms with van der Waals surface area (Å²) in [4.78, 5) is 0. The van der Waals surface area contributed by atoms with E-state index in [1.165, 1.54) is 4.68 Å². The first-order chi connectivity index (χ1) is 15.4. The molecule has 0 bridgehead atoms. The zero-order valence-electron chi connectivity index (χ0n) is 18.6. The first-order valence-corrected chi connectivity index (χ1v) is 10.3. The van der Waals surface area contributed by atoms with Crippen molar-refractivity contribution in [1.29, 1.82) is 0 Å². The average Bonchev–Trinajstić information content (AvgIpc) is 3.34. The van der Waals surface area contributed by atoms with Gasteiger partial charge in [0.2, 0.25) is 5.75 Å². The number of aromatic nitrogens is 3. The fourth-order valence-corrected chi connectivity index (χ4v) is 4.06. The maximum Gasteiger partial charge on any atom is 0.203 e. The van der Waals surface area contributed by atoms with Gasteiger partial charge in [0.05, 0.1) is 26.9 Å². The summed E-state index contributed by atoms with van der Waals surface area (Å²) in [5, 5.41) is 9.18. The van der Waals surface area contributed by atoms with Crippen molar-refractivity contribution in [3.8, 4) is 39.6 Å². The van der Waals surface area contributed by atoms with Gasteiger partial charge in [0.25, 0.3) is 0 Å². The Morgan fingerprint density at radius 2 is 1.72 bits per heavy atom. The van der Waals surface area contributed by atoms with Crippen LogP contribution in [0.2, 0.25) is 0 Å². The number of nitrogens with two attached hydrogens (primary N) is 1. The van der Waals surface area contributed by atoms with E-state index >= 15 is 0 Å². The number of rotatable bonds is 5. The summed E-state index contributed by atoms with van der Waals surface area (Å²) in [6.45, 7) is 0. The van der Waals surface area contributed by atoms with Gasteiger partial charge in [-0.2, -0.15) is 9.78 Å². The van der Waals surface area contributed by atoms with Crippen molar-refractivity contribution in [2.75, 3.05) is 34.1 Å². The SMILES string of the molecule is CNC(=S)n1nc(-c2cc(OC)c(OC)c(OC)c2)c(-c2cn(C)c3ccccc23)c1N. The smallest absolute Gasteiger partial charge is 0.203 e. The van der Waals surface area contributed by atoms with Crippen molar-refractivity contribution < 1.29 is 14.2 Å². The Balaban J connectivity index is 2.07. The summed E-state index contributed by atoms with van der Waals surface area (Å²) < 4.78 is 20.2. The van der Waals surface area contributed by atoms with E-state index in [1.807, 2.05) is 37.5 Å². The van der Waals surface area contributed by atoms with Crippen LogP contribution in [0.3, 0.4) is 0 Å². The zero-order chi connectivity index (χ0) is 23.0. The van der Waals surface area contributed by atoms with Crippen LogP contribution >= 0.6 is 12.2 Å². The maximum atomic E-state index is 6.62. The Morgan fingerprint density at radius 3 is 2.31 bits per heavy atom. The molecule has 0 spiro atoms. The number of aryl methyl sites for hydroxylation is 1. The van der Waals surface area contributed by atoms with E-state index in [0.717, 1.165) is 27.6 Å². The molecule has 0 aliphatic rings. The number of ether oxygens (including phenoxy) is 3. The lowest BCUT2D eigenvalue weighted by Crippen LogP contribution is -2.26. The number of hydrogen-bond donors (Lipinski definition) is 2. The van der Waals surface area contributed by atoms with Crippen LogP contribution in [0, 0.1) is 0 Å². The van der Waals surface area contributed by atoms with Crippen LogP contribution < -0.4 is 25.3 Å². The lowest BCUT2D eigenvalue weighted by atomic mass is 9.99. The lowest BCUT2D eigenvalue weighted by molar-refractivity contribution is 0.324. The summed E-state index contributed by atoms with van der Waals surface area (Å²) >= 11 is 5.45. The minimum atomic E-state index is 0.391. The number of benzene rings is 2. The predicted octanol–water partition coefficient (Wildman–Crippen LogP) is 3.67. The van der Waals surface area contributed by atoms with E-state index in [9.17, 15) is 0 Å². The van der Waals surface area contributed by atoms with Crippen LogP contribution in [0.4, 0.5) is 5.82 Å². The fraction of sp³-hybridized carbons (Fsp3) is 0.217. The van der Waals surface area contributed by atoms with Crippen LogP contribution in [0.15, 0.2) is 42.6 Å². The highest BCUT2D eigenvalue weighted by atomic mass is 32.1. The third-order valence-corrected chi connectivity index (χ3v) is 5.81. The zero-order valence-corrected chi connectivity index (χ0v) is 19.4. The Kier molecular flexibility index (Phi) is 5.67. The molecule has 4 rings (SSSR count). The highest BCUT2D eigenvalue weighted by Gasteiger charge is 2.25. The van der Waals surface area contributed by atoms with Gasteiger partial charge in [-0.05, 0) is 30.4 Å². The first-order valence-electron chi connectivity index (χ1n) is 9.90. The normalized spacial score (nSPS) is 10.9. The lowest BCUT2D eigenvalue weighted by Gasteiger charge is -2.14. The molecule has 0 saturated heterocycles. The molecule has 0 saturated carbocycles. The second-order valence-corrected chi connectivity index (χ2v) is 7.55. The summed E-state index contributed by atoms with van der Waals surface area (Å²) in [5.41, 5.74) is 10.8. The number of hydrogen-bond acceptors (Lipinski definition) is 6. The molecule has 32 heavy (non-hydrogen) atoms. The quantitative estimate of drug-likeness (QED) is 0.448. The number of thiocarbonyl (C=S) groups is 1. The van der Waals surface area contributed by atoms with E-state index in [2.05, 4.69) is 22.0 Å². The molecule has 0 aliphatic carbocycles. The molecule has 2 aromatic heterocycles. The molecule has 0 aliphatic heterocycles. The Morgan fingerprint density at radius 1 is 1.06 bits per heavy atom. The van der Waals surface area contributed by atoms with Crippen LogP contribution in [-0.2, 0) is 7.05 Å². The van der Waals surface area contributed by atoms with Gasteiger partial charge in [0.15, 0.2) is 16.6 Å².